The van der Waals surface area contributed by atoms with Crippen molar-refractivity contribution in [2.75, 3.05) is 24.4 Å². The Balaban J connectivity index is 1.42. The molecule has 0 fully saturated rings. The van der Waals surface area contributed by atoms with Crippen LogP contribution in [0.3, 0.4) is 0 Å². The molecule has 7 nitrogen and oxygen atoms in total. The molecule has 1 N–H and O–H groups in total. The number of carbonyl (C=O) groups is 1. The number of methoxy groups -OCH3 is 1. The van der Waals surface area contributed by atoms with Gasteiger partial charge in [-0.2, -0.15) is 0 Å². The van der Waals surface area contributed by atoms with E-state index in [9.17, 15) is 4.79 Å². The molecule has 0 unspecified atom stereocenters. The smallest absolute Gasteiger partial charge is 0.286 e. The van der Waals surface area contributed by atoms with Crippen molar-refractivity contribution in [1.82, 2.24) is 10.2 Å². The number of ether oxygens (including phenoxy) is 2. The predicted molar refractivity (Wildman–Crippen MR) is 126 cm³/mol. The highest BCUT2D eigenvalue weighted by molar-refractivity contribution is 7.13. The van der Waals surface area contributed by atoms with Crippen LogP contribution in [0.2, 0.25) is 0 Å². The number of rotatable bonds is 8. The van der Waals surface area contributed by atoms with Crippen molar-refractivity contribution in [3.05, 3.63) is 88.9 Å². The lowest BCUT2D eigenvalue weighted by molar-refractivity contribution is 0.102. The molecule has 162 valence electrons. The molecule has 1 heterocycles. The van der Waals surface area contributed by atoms with Crippen LogP contribution in [0.15, 0.2) is 78.9 Å². The van der Waals surface area contributed by atoms with Crippen LogP contribution in [-0.4, -0.2) is 30.3 Å². The van der Waals surface area contributed by atoms with Crippen LogP contribution in [0.25, 0.3) is 0 Å². The Morgan fingerprint density at radius 3 is 2.41 bits per heavy atom. The molecule has 8 heteroatoms. The zero-order valence-corrected chi connectivity index (χ0v) is 18.5. The Labute approximate surface area is 190 Å². The second-order valence-electron chi connectivity index (χ2n) is 6.92. The summed E-state index contributed by atoms with van der Waals surface area (Å²) in [5.41, 5.74) is 1.58. The number of nitrogens with zero attached hydrogens (tertiary/aromatic N) is 3. The average Bonchev–Trinajstić information content (AvgIpc) is 3.29. The SMILES string of the molecule is COc1ccc(NC(=O)c2nnc(CN(C)c3ccccc3Oc3ccccc3)s2)cc1. The largest absolute Gasteiger partial charge is 0.497 e. The summed E-state index contributed by atoms with van der Waals surface area (Å²) in [6, 6.07) is 24.5. The van der Waals surface area contributed by atoms with Crippen molar-refractivity contribution in [1.29, 1.82) is 0 Å². The maximum absolute atomic E-state index is 12.5. The molecule has 3 aromatic carbocycles. The Hall–Kier alpha value is -3.91. The Morgan fingerprint density at radius 1 is 0.938 bits per heavy atom. The zero-order chi connectivity index (χ0) is 22.3. The third-order valence-corrected chi connectivity index (χ3v) is 5.54. The summed E-state index contributed by atoms with van der Waals surface area (Å²) in [5, 5.41) is 12.1. The molecular formula is C24H22N4O3S. The fourth-order valence-electron chi connectivity index (χ4n) is 3.03. The van der Waals surface area contributed by atoms with E-state index in [0.717, 1.165) is 27.9 Å². The number of para-hydroxylation sites is 3. The van der Waals surface area contributed by atoms with Crippen LogP contribution in [-0.2, 0) is 6.54 Å². The fourth-order valence-corrected chi connectivity index (χ4v) is 3.82. The lowest BCUT2D eigenvalue weighted by Gasteiger charge is -2.21. The minimum absolute atomic E-state index is 0.297. The molecule has 0 radical (unpaired) electrons. The van der Waals surface area contributed by atoms with E-state index in [1.165, 1.54) is 11.3 Å². The van der Waals surface area contributed by atoms with Crippen molar-refractivity contribution in [2.24, 2.45) is 0 Å². The van der Waals surface area contributed by atoms with Crippen molar-refractivity contribution in [3.8, 4) is 17.2 Å². The first-order valence-corrected chi connectivity index (χ1v) is 10.7. The number of aromatic nitrogens is 2. The van der Waals surface area contributed by atoms with Crippen molar-refractivity contribution >= 4 is 28.6 Å². The second-order valence-corrected chi connectivity index (χ2v) is 7.98. The first kappa shape index (κ1) is 21.3. The first-order chi connectivity index (χ1) is 15.6. The quantitative estimate of drug-likeness (QED) is 0.400. The summed E-state index contributed by atoms with van der Waals surface area (Å²) in [6.45, 7) is 0.489. The summed E-state index contributed by atoms with van der Waals surface area (Å²) in [7, 11) is 3.55. The molecule has 0 saturated heterocycles. The van der Waals surface area contributed by atoms with Gasteiger partial charge in [0.15, 0.2) is 5.75 Å². The highest BCUT2D eigenvalue weighted by atomic mass is 32.1. The molecule has 0 bridgehead atoms. The maximum Gasteiger partial charge on any atom is 0.286 e. The second kappa shape index (κ2) is 9.93. The van der Waals surface area contributed by atoms with E-state index < -0.39 is 0 Å². The van der Waals surface area contributed by atoms with Crippen LogP contribution < -0.4 is 19.7 Å². The highest BCUT2D eigenvalue weighted by Crippen LogP contribution is 2.32. The summed E-state index contributed by atoms with van der Waals surface area (Å²) in [6.07, 6.45) is 0. The van der Waals surface area contributed by atoms with E-state index in [4.69, 9.17) is 9.47 Å². The van der Waals surface area contributed by atoms with Crippen LogP contribution in [0.1, 0.15) is 14.8 Å². The molecule has 0 saturated carbocycles. The molecule has 4 rings (SSSR count). The monoisotopic (exact) mass is 446 g/mol. The standard InChI is InChI=1S/C24H22N4O3S/c1-28(20-10-6-7-11-21(20)31-19-8-4-3-5-9-19)16-22-26-27-24(32-22)23(29)25-17-12-14-18(30-2)15-13-17/h3-15H,16H2,1-2H3,(H,25,29). The average molecular weight is 447 g/mol. The molecule has 0 aliphatic heterocycles. The number of nitrogens with one attached hydrogen (secondary N) is 1. The van der Waals surface area contributed by atoms with Crippen molar-refractivity contribution in [3.63, 3.8) is 0 Å². The summed E-state index contributed by atoms with van der Waals surface area (Å²) < 4.78 is 11.2. The number of hydrogen-bond acceptors (Lipinski definition) is 7. The summed E-state index contributed by atoms with van der Waals surface area (Å²) in [5.74, 6) is 1.93. The molecule has 1 amide bonds. The van der Waals surface area contributed by atoms with Gasteiger partial charge < -0.3 is 19.7 Å². The van der Waals surface area contributed by atoms with Gasteiger partial charge in [0.2, 0.25) is 5.01 Å². The first-order valence-electron chi connectivity index (χ1n) is 9.93. The minimum Gasteiger partial charge on any atom is -0.497 e. The van der Waals surface area contributed by atoms with Gasteiger partial charge in [0.25, 0.3) is 5.91 Å². The molecule has 0 spiro atoms. The third-order valence-electron chi connectivity index (χ3n) is 4.63. The molecule has 1 aromatic heterocycles. The van der Waals surface area contributed by atoms with E-state index in [-0.39, 0.29) is 5.91 Å². The number of carbonyl (C=O) groups excluding carboxylic acids is 1. The maximum atomic E-state index is 12.5. The van der Waals surface area contributed by atoms with Crippen molar-refractivity contribution in [2.45, 2.75) is 6.54 Å². The van der Waals surface area contributed by atoms with E-state index in [1.54, 1.807) is 31.4 Å². The van der Waals surface area contributed by atoms with Gasteiger partial charge in [-0.15, -0.1) is 10.2 Å². The van der Waals surface area contributed by atoms with Crippen LogP contribution in [0.5, 0.6) is 17.2 Å². The van der Waals surface area contributed by atoms with E-state index in [1.807, 2.05) is 66.5 Å². The highest BCUT2D eigenvalue weighted by Gasteiger charge is 2.16. The zero-order valence-electron chi connectivity index (χ0n) is 17.7. The number of hydrogen-bond donors (Lipinski definition) is 1. The third kappa shape index (κ3) is 5.22. The van der Waals surface area contributed by atoms with Crippen LogP contribution >= 0.6 is 11.3 Å². The van der Waals surface area contributed by atoms with Gasteiger partial charge in [0.1, 0.15) is 16.5 Å². The van der Waals surface area contributed by atoms with E-state index >= 15 is 0 Å². The topological polar surface area (TPSA) is 76.6 Å². The van der Waals surface area contributed by atoms with Crippen LogP contribution in [0.4, 0.5) is 11.4 Å². The number of amides is 1. The summed E-state index contributed by atoms with van der Waals surface area (Å²) >= 11 is 1.26. The normalized spacial score (nSPS) is 10.4. The molecule has 4 aromatic rings. The molecule has 0 aliphatic rings. The lowest BCUT2D eigenvalue weighted by atomic mass is 10.2. The van der Waals surface area contributed by atoms with Gasteiger partial charge in [-0.3, -0.25) is 4.79 Å². The fraction of sp³-hybridized carbons (Fsp3) is 0.125. The van der Waals surface area contributed by atoms with Gasteiger partial charge in [0.05, 0.1) is 19.3 Å². The van der Waals surface area contributed by atoms with Crippen LogP contribution in [0, 0.1) is 0 Å². The Bertz CT molecular complexity index is 1180. The Kier molecular flexibility index (Phi) is 6.62. The molecule has 32 heavy (non-hydrogen) atoms. The summed E-state index contributed by atoms with van der Waals surface area (Å²) in [4.78, 5) is 14.5. The predicted octanol–water partition coefficient (Wildman–Crippen LogP) is 5.23. The van der Waals surface area contributed by atoms with Gasteiger partial charge in [0, 0.05) is 12.7 Å². The lowest BCUT2D eigenvalue weighted by Crippen LogP contribution is -2.16. The molecular weight excluding hydrogens is 424 g/mol. The van der Waals surface area contributed by atoms with Gasteiger partial charge >= 0.3 is 0 Å². The van der Waals surface area contributed by atoms with Gasteiger partial charge in [-0.1, -0.05) is 41.7 Å². The van der Waals surface area contributed by atoms with E-state index in [2.05, 4.69) is 15.5 Å². The molecule has 0 atom stereocenters. The number of benzene rings is 3. The molecule has 0 aliphatic carbocycles. The minimum atomic E-state index is -0.297. The van der Waals surface area contributed by atoms with Gasteiger partial charge in [-0.25, -0.2) is 0 Å². The van der Waals surface area contributed by atoms with Gasteiger partial charge in [-0.05, 0) is 48.5 Å². The van der Waals surface area contributed by atoms with Crippen molar-refractivity contribution < 1.29 is 14.3 Å². The number of anilines is 2. The van der Waals surface area contributed by atoms with E-state index in [0.29, 0.717) is 17.2 Å². The Morgan fingerprint density at radius 2 is 1.66 bits per heavy atom.